The van der Waals surface area contributed by atoms with Crippen molar-refractivity contribution in [1.82, 2.24) is 0 Å². The van der Waals surface area contributed by atoms with Gasteiger partial charge in [-0.25, -0.2) is 16.8 Å². The lowest BCUT2D eigenvalue weighted by Gasteiger charge is -2.15. The summed E-state index contributed by atoms with van der Waals surface area (Å²) in [6.45, 7) is 3.62. The van der Waals surface area contributed by atoms with Crippen LogP contribution in [0.2, 0.25) is 0 Å². The van der Waals surface area contributed by atoms with Gasteiger partial charge in [-0.15, -0.1) is 0 Å². The molecule has 4 aromatic carbocycles. The maximum atomic E-state index is 13.2. The van der Waals surface area contributed by atoms with Crippen LogP contribution in [0.5, 0.6) is 0 Å². The Morgan fingerprint density at radius 3 is 1.25 bits per heavy atom. The molecule has 0 amide bonds. The number of fused-ring (bicyclic) bond motifs is 1. The van der Waals surface area contributed by atoms with Crippen molar-refractivity contribution in [2.24, 2.45) is 0 Å². The first-order chi connectivity index (χ1) is 15.2. The van der Waals surface area contributed by atoms with E-state index in [0.717, 1.165) is 11.1 Å². The number of hydrogen-bond donors (Lipinski definition) is 2. The van der Waals surface area contributed by atoms with Crippen LogP contribution < -0.4 is 9.44 Å². The largest absolute Gasteiger partial charge is 0.279 e. The molecule has 0 unspecified atom stereocenters. The van der Waals surface area contributed by atoms with Gasteiger partial charge in [0.15, 0.2) is 0 Å². The fraction of sp³-hybridized carbons (Fsp3) is 0.0833. The van der Waals surface area contributed by atoms with Gasteiger partial charge in [0, 0.05) is 10.8 Å². The Kier molecular flexibility index (Phi) is 5.66. The summed E-state index contributed by atoms with van der Waals surface area (Å²) in [5.41, 5.74) is 2.49. The van der Waals surface area contributed by atoms with Gasteiger partial charge < -0.3 is 0 Å². The molecule has 2 N–H and O–H groups in total. The summed E-state index contributed by atoms with van der Waals surface area (Å²) >= 11 is 0. The Bertz CT molecular complexity index is 1410. The van der Waals surface area contributed by atoms with E-state index >= 15 is 0 Å². The Labute approximate surface area is 188 Å². The fourth-order valence-electron chi connectivity index (χ4n) is 3.50. The number of sulfonamides is 2. The van der Waals surface area contributed by atoms with E-state index in [1.165, 1.54) is 12.1 Å². The maximum Gasteiger partial charge on any atom is 0.262 e. The second-order valence-electron chi connectivity index (χ2n) is 7.45. The van der Waals surface area contributed by atoms with Gasteiger partial charge in [0.25, 0.3) is 20.0 Å². The highest BCUT2D eigenvalue weighted by Gasteiger charge is 2.23. The lowest BCUT2D eigenvalue weighted by atomic mass is 10.1. The van der Waals surface area contributed by atoms with Gasteiger partial charge in [-0.2, -0.15) is 0 Å². The van der Waals surface area contributed by atoms with Gasteiger partial charge in [0.2, 0.25) is 0 Å². The summed E-state index contributed by atoms with van der Waals surface area (Å²) < 4.78 is 58.0. The first kappa shape index (κ1) is 21.9. The third-order valence-corrected chi connectivity index (χ3v) is 8.05. The van der Waals surface area contributed by atoms with Gasteiger partial charge in [-0.05, 0) is 49.2 Å². The minimum absolute atomic E-state index is 0.00574. The number of para-hydroxylation sites is 2. The topological polar surface area (TPSA) is 92.3 Å². The summed E-state index contributed by atoms with van der Waals surface area (Å²) in [5, 5.41) is 0.641. The highest BCUT2D eigenvalue weighted by atomic mass is 32.2. The molecule has 0 heterocycles. The van der Waals surface area contributed by atoms with Crippen molar-refractivity contribution in [1.29, 1.82) is 0 Å². The van der Waals surface area contributed by atoms with E-state index in [-0.39, 0.29) is 9.79 Å². The molecule has 0 spiro atoms. The van der Waals surface area contributed by atoms with Gasteiger partial charge in [-0.1, -0.05) is 60.7 Å². The molecule has 32 heavy (non-hydrogen) atoms. The molecular formula is C24H22N2O4S2. The molecule has 0 fully saturated rings. The third kappa shape index (κ3) is 4.19. The molecule has 0 aromatic heterocycles. The average Bonchev–Trinajstić information content (AvgIpc) is 2.76. The monoisotopic (exact) mass is 466 g/mol. The minimum atomic E-state index is -3.96. The predicted octanol–water partition coefficient (Wildman–Crippen LogP) is 5.06. The first-order valence-corrected chi connectivity index (χ1v) is 12.8. The molecule has 8 heteroatoms. The van der Waals surface area contributed by atoms with E-state index in [2.05, 4.69) is 9.44 Å². The standard InChI is InChI=1S/C24H22N2O4S2/c1-17-9-3-5-13-21(17)25-31(27,28)23-15-7-12-20-19(23)11-8-16-24(20)32(29,30)26-22-14-6-4-10-18(22)2/h3-16,25-26H,1-2H3. The molecule has 0 aliphatic heterocycles. The van der Waals surface area contributed by atoms with Crippen molar-refractivity contribution in [2.75, 3.05) is 9.44 Å². The van der Waals surface area contributed by atoms with Gasteiger partial charge in [0.05, 0.1) is 21.2 Å². The van der Waals surface area contributed by atoms with Crippen LogP contribution in [-0.4, -0.2) is 16.8 Å². The van der Waals surface area contributed by atoms with Crippen molar-refractivity contribution in [3.05, 3.63) is 96.1 Å². The zero-order chi connectivity index (χ0) is 22.9. The average molecular weight is 467 g/mol. The number of nitrogens with one attached hydrogen (secondary N) is 2. The molecular weight excluding hydrogens is 444 g/mol. The quantitative estimate of drug-likeness (QED) is 0.416. The second kappa shape index (κ2) is 8.29. The van der Waals surface area contributed by atoms with Crippen molar-refractivity contribution >= 4 is 42.2 Å². The van der Waals surface area contributed by atoms with E-state index in [1.807, 2.05) is 38.1 Å². The van der Waals surface area contributed by atoms with Crippen LogP contribution >= 0.6 is 0 Å². The van der Waals surface area contributed by atoms with E-state index in [4.69, 9.17) is 0 Å². The summed E-state index contributed by atoms with van der Waals surface area (Å²) in [7, 11) is -7.91. The van der Waals surface area contributed by atoms with Crippen LogP contribution in [0.25, 0.3) is 10.8 Å². The van der Waals surface area contributed by atoms with E-state index < -0.39 is 20.0 Å². The van der Waals surface area contributed by atoms with Crippen molar-refractivity contribution in [3.8, 4) is 0 Å². The molecule has 0 aliphatic rings. The lowest BCUT2D eigenvalue weighted by molar-refractivity contribution is 0.599. The Morgan fingerprint density at radius 2 is 0.875 bits per heavy atom. The number of hydrogen-bond acceptors (Lipinski definition) is 4. The first-order valence-electron chi connectivity index (χ1n) is 9.88. The molecule has 164 valence electrons. The number of benzene rings is 4. The molecule has 4 rings (SSSR count). The highest BCUT2D eigenvalue weighted by molar-refractivity contribution is 7.93. The van der Waals surface area contributed by atoms with Crippen molar-refractivity contribution < 1.29 is 16.8 Å². The highest BCUT2D eigenvalue weighted by Crippen LogP contribution is 2.31. The molecule has 0 saturated heterocycles. The van der Waals surface area contributed by atoms with Crippen LogP contribution in [0.15, 0.2) is 94.7 Å². The zero-order valence-corrected chi connectivity index (χ0v) is 19.2. The maximum absolute atomic E-state index is 13.2. The van der Waals surface area contributed by atoms with Crippen LogP contribution in [0.4, 0.5) is 11.4 Å². The third-order valence-electron chi connectivity index (χ3n) is 5.20. The summed E-state index contributed by atoms with van der Waals surface area (Å²) in [6.07, 6.45) is 0. The van der Waals surface area contributed by atoms with Gasteiger partial charge in [-0.3, -0.25) is 9.44 Å². The van der Waals surface area contributed by atoms with E-state index in [1.54, 1.807) is 48.5 Å². The summed E-state index contributed by atoms with van der Waals surface area (Å²) in [5.74, 6) is 0. The number of aryl methyl sites for hydroxylation is 2. The van der Waals surface area contributed by atoms with Gasteiger partial charge in [0.1, 0.15) is 0 Å². The molecule has 0 atom stereocenters. The van der Waals surface area contributed by atoms with Crippen molar-refractivity contribution in [2.45, 2.75) is 23.6 Å². The van der Waals surface area contributed by atoms with Crippen LogP contribution in [-0.2, 0) is 20.0 Å². The molecule has 0 aliphatic carbocycles. The lowest BCUT2D eigenvalue weighted by Crippen LogP contribution is -2.16. The second-order valence-corrected chi connectivity index (χ2v) is 10.7. The normalized spacial score (nSPS) is 11.9. The predicted molar refractivity (Wildman–Crippen MR) is 128 cm³/mol. The smallest absolute Gasteiger partial charge is 0.262 e. The fourth-order valence-corrected chi connectivity index (χ4v) is 6.20. The Morgan fingerprint density at radius 1 is 0.500 bits per heavy atom. The summed E-state index contributed by atoms with van der Waals surface area (Å²) in [4.78, 5) is 0.0115. The molecule has 6 nitrogen and oxygen atoms in total. The molecule has 0 bridgehead atoms. The van der Waals surface area contributed by atoms with Crippen LogP contribution in [0.3, 0.4) is 0 Å². The number of anilines is 2. The van der Waals surface area contributed by atoms with Crippen LogP contribution in [0.1, 0.15) is 11.1 Å². The van der Waals surface area contributed by atoms with Gasteiger partial charge >= 0.3 is 0 Å². The number of rotatable bonds is 6. The molecule has 4 aromatic rings. The van der Waals surface area contributed by atoms with E-state index in [9.17, 15) is 16.8 Å². The zero-order valence-electron chi connectivity index (χ0n) is 17.5. The Hall–Kier alpha value is -3.36. The van der Waals surface area contributed by atoms with Crippen molar-refractivity contribution in [3.63, 3.8) is 0 Å². The molecule has 0 saturated carbocycles. The van der Waals surface area contributed by atoms with E-state index in [0.29, 0.717) is 22.1 Å². The summed E-state index contributed by atoms with van der Waals surface area (Å²) in [6, 6.07) is 23.3. The van der Waals surface area contributed by atoms with Crippen LogP contribution in [0, 0.1) is 13.8 Å². The molecule has 0 radical (unpaired) electrons. The SMILES string of the molecule is Cc1ccccc1NS(=O)(=O)c1cccc2c(S(=O)(=O)Nc3ccccc3C)cccc12. The minimum Gasteiger partial charge on any atom is -0.279 e. The Balaban J connectivity index is 1.81.